The Morgan fingerprint density at radius 2 is 1.90 bits per heavy atom. The van der Waals surface area contributed by atoms with Crippen molar-refractivity contribution in [2.24, 2.45) is 0 Å². The second-order valence-corrected chi connectivity index (χ2v) is 8.16. The van der Waals surface area contributed by atoms with Crippen molar-refractivity contribution in [3.05, 3.63) is 57.5 Å². The van der Waals surface area contributed by atoms with Crippen LogP contribution in [0.25, 0.3) is 10.2 Å². The summed E-state index contributed by atoms with van der Waals surface area (Å²) >= 11 is 1.61. The summed E-state index contributed by atoms with van der Waals surface area (Å²) < 4.78 is 1.49. The van der Waals surface area contributed by atoms with Gasteiger partial charge in [0.2, 0.25) is 11.8 Å². The van der Waals surface area contributed by atoms with Gasteiger partial charge in [0.1, 0.15) is 4.83 Å². The van der Waals surface area contributed by atoms with Crippen LogP contribution in [-0.4, -0.2) is 27.9 Å². The molecule has 0 aliphatic heterocycles. The molecule has 29 heavy (non-hydrogen) atoms. The molecule has 0 spiro atoms. The predicted molar refractivity (Wildman–Crippen MR) is 113 cm³/mol. The highest BCUT2D eigenvalue weighted by Crippen LogP contribution is 2.33. The number of carbonyl (C=O) groups excluding carboxylic acids is 2. The first-order valence-corrected chi connectivity index (χ1v) is 10.5. The lowest BCUT2D eigenvalue weighted by atomic mass is 9.97. The SMILES string of the molecule is O=C(CCn1cnc2sc3c(c2c1=O)CCCC3)NCC(=O)Nc1ccccc1. The minimum Gasteiger partial charge on any atom is -0.347 e. The minimum atomic E-state index is -0.297. The number of carbonyl (C=O) groups is 2. The lowest BCUT2D eigenvalue weighted by molar-refractivity contribution is -0.124. The van der Waals surface area contributed by atoms with Crippen LogP contribution in [-0.2, 0) is 29.0 Å². The number of hydrogen-bond acceptors (Lipinski definition) is 5. The summed E-state index contributed by atoms with van der Waals surface area (Å²) in [5.41, 5.74) is 1.74. The van der Waals surface area contributed by atoms with E-state index in [1.165, 1.54) is 15.8 Å². The van der Waals surface area contributed by atoms with Gasteiger partial charge in [-0.25, -0.2) is 4.98 Å². The molecule has 2 aromatic heterocycles. The quantitative estimate of drug-likeness (QED) is 0.653. The molecule has 150 valence electrons. The Hall–Kier alpha value is -3.00. The molecule has 0 fully saturated rings. The Balaban J connectivity index is 1.34. The monoisotopic (exact) mass is 410 g/mol. The molecule has 0 unspecified atom stereocenters. The highest BCUT2D eigenvalue weighted by Gasteiger charge is 2.20. The van der Waals surface area contributed by atoms with Gasteiger partial charge in [-0.3, -0.25) is 19.0 Å². The van der Waals surface area contributed by atoms with E-state index in [0.29, 0.717) is 5.69 Å². The van der Waals surface area contributed by atoms with Gasteiger partial charge in [0.25, 0.3) is 5.56 Å². The lowest BCUT2D eigenvalue weighted by Gasteiger charge is -2.10. The second-order valence-electron chi connectivity index (χ2n) is 7.08. The van der Waals surface area contributed by atoms with Crippen molar-refractivity contribution in [2.75, 3.05) is 11.9 Å². The zero-order chi connectivity index (χ0) is 20.2. The Kier molecular flexibility index (Phi) is 5.71. The summed E-state index contributed by atoms with van der Waals surface area (Å²) in [6.45, 7) is 0.122. The molecule has 7 nitrogen and oxygen atoms in total. The first kappa shape index (κ1) is 19.3. The Bertz CT molecular complexity index is 1100. The van der Waals surface area contributed by atoms with Crippen LogP contribution in [0.15, 0.2) is 41.5 Å². The highest BCUT2D eigenvalue weighted by atomic mass is 32.1. The molecule has 2 heterocycles. The smallest absolute Gasteiger partial charge is 0.262 e. The first-order valence-electron chi connectivity index (χ1n) is 9.73. The molecule has 3 aromatic rings. The molecule has 0 radical (unpaired) electrons. The van der Waals surface area contributed by atoms with Gasteiger partial charge >= 0.3 is 0 Å². The van der Waals surface area contributed by atoms with Crippen molar-refractivity contribution in [3.8, 4) is 0 Å². The number of anilines is 1. The van der Waals surface area contributed by atoms with E-state index in [-0.39, 0.29) is 36.9 Å². The van der Waals surface area contributed by atoms with Crippen LogP contribution < -0.4 is 16.2 Å². The number of fused-ring (bicyclic) bond motifs is 3. The number of aryl methyl sites for hydroxylation is 3. The fraction of sp³-hybridized carbons (Fsp3) is 0.333. The van der Waals surface area contributed by atoms with Crippen molar-refractivity contribution in [1.29, 1.82) is 0 Å². The topological polar surface area (TPSA) is 93.1 Å². The highest BCUT2D eigenvalue weighted by molar-refractivity contribution is 7.18. The van der Waals surface area contributed by atoms with Crippen LogP contribution >= 0.6 is 11.3 Å². The van der Waals surface area contributed by atoms with Crippen molar-refractivity contribution in [1.82, 2.24) is 14.9 Å². The zero-order valence-corrected chi connectivity index (χ0v) is 16.8. The van der Waals surface area contributed by atoms with Crippen molar-refractivity contribution in [2.45, 2.75) is 38.6 Å². The summed E-state index contributed by atoms with van der Waals surface area (Å²) in [7, 11) is 0. The maximum absolute atomic E-state index is 12.9. The largest absolute Gasteiger partial charge is 0.347 e. The van der Waals surface area contributed by atoms with E-state index in [4.69, 9.17) is 0 Å². The fourth-order valence-corrected chi connectivity index (χ4v) is 4.78. The van der Waals surface area contributed by atoms with E-state index >= 15 is 0 Å². The number of benzene rings is 1. The molecule has 0 saturated heterocycles. The van der Waals surface area contributed by atoms with Gasteiger partial charge in [-0.05, 0) is 43.4 Å². The number of nitrogens with zero attached hydrogens (tertiary/aromatic N) is 2. The molecule has 2 amide bonds. The fourth-order valence-electron chi connectivity index (χ4n) is 3.56. The molecule has 2 N–H and O–H groups in total. The van der Waals surface area contributed by atoms with E-state index < -0.39 is 0 Å². The number of thiophene rings is 1. The van der Waals surface area contributed by atoms with Gasteiger partial charge < -0.3 is 10.6 Å². The normalized spacial score (nSPS) is 13.1. The van der Waals surface area contributed by atoms with Crippen LogP contribution in [0, 0.1) is 0 Å². The van der Waals surface area contributed by atoms with E-state index in [2.05, 4.69) is 15.6 Å². The van der Waals surface area contributed by atoms with Crippen LogP contribution in [0.1, 0.15) is 29.7 Å². The van der Waals surface area contributed by atoms with Gasteiger partial charge in [0, 0.05) is 23.5 Å². The molecule has 1 aliphatic rings. The number of para-hydroxylation sites is 1. The van der Waals surface area contributed by atoms with E-state index in [1.54, 1.807) is 23.5 Å². The van der Waals surface area contributed by atoms with Gasteiger partial charge in [-0.1, -0.05) is 18.2 Å². The average Bonchev–Trinajstić information content (AvgIpc) is 3.12. The summed E-state index contributed by atoms with van der Waals surface area (Å²) in [6, 6.07) is 9.05. The van der Waals surface area contributed by atoms with Crippen LogP contribution in [0.2, 0.25) is 0 Å². The molecule has 0 bridgehead atoms. The maximum Gasteiger partial charge on any atom is 0.262 e. The van der Waals surface area contributed by atoms with Crippen LogP contribution in [0.3, 0.4) is 0 Å². The van der Waals surface area contributed by atoms with Crippen molar-refractivity contribution < 1.29 is 9.59 Å². The molecule has 1 aromatic carbocycles. The molecule has 0 atom stereocenters. The van der Waals surface area contributed by atoms with Gasteiger partial charge in [-0.2, -0.15) is 0 Å². The van der Waals surface area contributed by atoms with Crippen LogP contribution in [0.5, 0.6) is 0 Å². The Morgan fingerprint density at radius 1 is 1.10 bits per heavy atom. The van der Waals surface area contributed by atoms with E-state index in [9.17, 15) is 14.4 Å². The number of hydrogen-bond donors (Lipinski definition) is 2. The maximum atomic E-state index is 12.9. The summed E-state index contributed by atoms with van der Waals surface area (Å²) in [6.07, 6.45) is 5.82. The number of aromatic nitrogens is 2. The van der Waals surface area contributed by atoms with E-state index in [0.717, 1.165) is 41.5 Å². The Labute approximate surface area is 171 Å². The van der Waals surface area contributed by atoms with Crippen molar-refractivity contribution >= 4 is 39.1 Å². The number of nitrogens with one attached hydrogen (secondary N) is 2. The van der Waals surface area contributed by atoms with Gasteiger partial charge in [0.15, 0.2) is 0 Å². The van der Waals surface area contributed by atoms with Gasteiger partial charge in [0.05, 0.1) is 18.3 Å². The van der Waals surface area contributed by atoms with Crippen molar-refractivity contribution in [3.63, 3.8) is 0 Å². The molecular formula is C21H22N4O3S. The Morgan fingerprint density at radius 3 is 2.72 bits per heavy atom. The second kappa shape index (κ2) is 8.57. The predicted octanol–water partition coefficient (Wildman–Crippen LogP) is 2.48. The third kappa shape index (κ3) is 4.37. The molecule has 0 saturated carbocycles. The average molecular weight is 410 g/mol. The number of amides is 2. The van der Waals surface area contributed by atoms with Gasteiger partial charge in [-0.15, -0.1) is 11.3 Å². The first-order chi connectivity index (χ1) is 14.1. The lowest BCUT2D eigenvalue weighted by Crippen LogP contribution is -2.34. The summed E-state index contributed by atoms with van der Waals surface area (Å²) in [5.74, 6) is -0.581. The van der Waals surface area contributed by atoms with Crippen LogP contribution in [0.4, 0.5) is 5.69 Å². The third-order valence-corrected chi connectivity index (χ3v) is 6.23. The molecule has 1 aliphatic carbocycles. The van der Waals surface area contributed by atoms with E-state index in [1.807, 2.05) is 18.2 Å². The minimum absolute atomic E-state index is 0.0796. The third-order valence-electron chi connectivity index (χ3n) is 5.03. The molecule has 8 heteroatoms. The molecule has 4 rings (SSSR count). The molecular weight excluding hydrogens is 388 g/mol. The zero-order valence-electron chi connectivity index (χ0n) is 15.9. The summed E-state index contributed by atoms with van der Waals surface area (Å²) in [5, 5.41) is 6.02. The summed E-state index contributed by atoms with van der Waals surface area (Å²) in [4.78, 5) is 43.4. The number of rotatable bonds is 6. The standard InChI is InChI=1S/C21H22N4O3S/c26-17(22-12-18(27)24-14-6-2-1-3-7-14)10-11-25-13-23-20-19(21(25)28)15-8-4-5-9-16(15)29-20/h1-3,6-7,13H,4-5,8-12H2,(H,22,26)(H,24,27).